The standard InChI is InChI=1S/C35H35NO8/c1-40-31-26(41-20-23-13-7-3-8-14-23)17-25-28(32(31)42-21-24-15-9-4-10-16-24)33-34(44-35(25)39)30(38)29(37)27(43-33)19-36-18-22-11-5-2-6-12-22/h2-17,27,29-30,33-34,36-38H,18-21H2,1H3/t27-,29-,30+,33+,34-/m1/s1. The Morgan fingerprint density at radius 2 is 1.36 bits per heavy atom. The van der Waals surface area contributed by atoms with Gasteiger partial charge in [0.1, 0.15) is 31.5 Å². The highest BCUT2D eigenvalue weighted by atomic mass is 16.6. The summed E-state index contributed by atoms with van der Waals surface area (Å²) in [5.41, 5.74) is 3.46. The zero-order valence-electron chi connectivity index (χ0n) is 24.3. The normalized spacial score (nSPS) is 22.3. The van der Waals surface area contributed by atoms with Gasteiger partial charge in [0, 0.05) is 18.7 Å². The first kappa shape index (κ1) is 29.7. The molecule has 0 saturated carbocycles. The van der Waals surface area contributed by atoms with Crippen LogP contribution in [0.2, 0.25) is 0 Å². The average Bonchev–Trinajstić information content (AvgIpc) is 3.06. The molecule has 2 heterocycles. The summed E-state index contributed by atoms with van der Waals surface area (Å²) in [5, 5.41) is 25.4. The van der Waals surface area contributed by atoms with Gasteiger partial charge in [-0.3, -0.25) is 0 Å². The van der Waals surface area contributed by atoms with Crippen LogP contribution in [-0.4, -0.2) is 54.3 Å². The molecule has 4 aromatic rings. The summed E-state index contributed by atoms with van der Waals surface area (Å²) in [4.78, 5) is 13.4. The number of nitrogens with one attached hydrogen (secondary N) is 1. The van der Waals surface area contributed by atoms with E-state index in [0.29, 0.717) is 17.9 Å². The van der Waals surface area contributed by atoms with Crippen molar-refractivity contribution in [3.63, 3.8) is 0 Å². The number of carbonyl (C=O) groups is 1. The Balaban J connectivity index is 1.35. The van der Waals surface area contributed by atoms with Crippen LogP contribution in [0.25, 0.3) is 0 Å². The molecule has 9 heteroatoms. The van der Waals surface area contributed by atoms with E-state index in [0.717, 1.165) is 16.7 Å². The van der Waals surface area contributed by atoms with E-state index in [9.17, 15) is 15.0 Å². The summed E-state index contributed by atoms with van der Waals surface area (Å²) in [6.45, 7) is 1.19. The predicted octanol–water partition coefficient (Wildman–Crippen LogP) is 4.34. The lowest BCUT2D eigenvalue weighted by atomic mass is 9.86. The van der Waals surface area contributed by atoms with Crippen molar-refractivity contribution in [3.05, 3.63) is 125 Å². The number of esters is 1. The molecule has 0 spiro atoms. The number of aliphatic hydroxyl groups is 2. The van der Waals surface area contributed by atoms with E-state index in [4.69, 9.17) is 23.7 Å². The summed E-state index contributed by atoms with van der Waals surface area (Å²) in [6, 6.07) is 30.6. The highest BCUT2D eigenvalue weighted by molar-refractivity contribution is 5.95. The molecule has 1 saturated heterocycles. The number of rotatable bonds is 11. The molecule has 0 unspecified atom stereocenters. The van der Waals surface area contributed by atoms with E-state index in [-0.39, 0.29) is 36.8 Å². The van der Waals surface area contributed by atoms with Crippen LogP contribution in [0.1, 0.15) is 38.7 Å². The molecule has 1 fully saturated rings. The van der Waals surface area contributed by atoms with Gasteiger partial charge in [-0.25, -0.2) is 4.79 Å². The average molecular weight is 598 g/mol. The lowest BCUT2D eigenvalue weighted by molar-refractivity contribution is -0.227. The Morgan fingerprint density at radius 1 is 0.773 bits per heavy atom. The topological polar surface area (TPSA) is 116 Å². The van der Waals surface area contributed by atoms with Crippen LogP contribution in [0.5, 0.6) is 17.2 Å². The van der Waals surface area contributed by atoms with Gasteiger partial charge in [-0.2, -0.15) is 0 Å². The minimum atomic E-state index is -1.39. The number of methoxy groups -OCH3 is 1. The first-order valence-corrected chi connectivity index (χ1v) is 14.6. The fourth-order valence-electron chi connectivity index (χ4n) is 5.61. The monoisotopic (exact) mass is 597 g/mol. The molecule has 2 aliphatic rings. The van der Waals surface area contributed by atoms with Crippen LogP contribution in [-0.2, 0) is 29.2 Å². The third-order valence-corrected chi connectivity index (χ3v) is 7.86. The number of carbonyl (C=O) groups excluding carboxylic acids is 1. The molecule has 0 aliphatic carbocycles. The molecule has 5 atom stereocenters. The van der Waals surface area contributed by atoms with Gasteiger partial charge in [-0.1, -0.05) is 91.0 Å². The number of benzene rings is 4. The Labute approximate surface area is 255 Å². The zero-order valence-corrected chi connectivity index (χ0v) is 24.3. The summed E-state index contributed by atoms with van der Waals surface area (Å²) < 4.78 is 30.5. The van der Waals surface area contributed by atoms with Crippen LogP contribution < -0.4 is 19.5 Å². The molecule has 0 amide bonds. The Hall–Kier alpha value is -4.41. The van der Waals surface area contributed by atoms with Gasteiger partial charge in [0.25, 0.3) is 0 Å². The van der Waals surface area contributed by atoms with Crippen LogP contribution in [0.3, 0.4) is 0 Å². The fourth-order valence-corrected chi connectivity index (χ4v) is 5.61. The van der Waals surface area contributed by atoms with Crippen LogP contribution >= 0.6 is 0 Å². The number of fused-ring (bicyclic) bond motifs is 3. The molecule has 6 rings (SSSR count). The van der Waals surface area contributed by atoms with Gasteiger partial charge >= 0.3 is 5.97 Å². The summed E-state index contributed by atoms with van der Waals surface area (Å²) in [6.07, 6.45) is -5.58. The van der Waals surface area contributed by atoms with E-state index in [1.54, 1.807) is 6.07 Å². The second-order valence-corrected chi connectivity index (χ2v) is 10.8. The van der Waals surface area contributed by atoms with Crippen molar-refractivity contribution in [1.29, 1.82) is 0 Å². The molecule has 0 radical (unpaired) electrons. The maximum atomic E-state index is 13.4. The molecule has 4 aromatic carbocycles. The Kier molecular flexibility index (Phi) is 9.09. The SMILES string of the molecule is COc1c(OCc2ccccc2)cc2c(c1OCc1ccccc1)[C@@H]1O[C@H](CNCc3ccccc3)[C@@H](O)[C@H](O)[C@H]1OC2=O. The van der Waals surface area contributed by atoms with E-state index >= 15 is 0 Å². The van der Waals surface area contributed by atoms with Gasteiger partial charge in [-0.15, -0.1) is 0 Å². The van der Waals surface area contributed by atoms with Gasteiger partial charge in [0.15, 0.2) is 17.6 Å². The van der Waals surface area contributed by atoms with Crippen molar-refractivity contribution in [3.8, 4) is 17.2 Å². The minimum Gasteiger partial charge on any atom is -0.490 e. The van der Waals surface area contributed by atoms with Crippen molar-refractivity contribution < 1.29 is 38.7 Å². The fraction of sp³-hybridized carbons (Fsp3) is 0.286. The van der Waals surface area contributed by atoms with E-state index < -0.39 is 36.5 Å². The maximum absolute atomic E-state index is 13.4. The molecule has 228 valence electrons. The molecule has 9 nitrogen and oxygen atoms in total. The van der Waals surface area contributed by atoms with Gasteiger partial charge in [0.2, 0.25) is 5.75 Å². The molecule has 0 aromatic heterocycles. The number of ether oxygens (including phenoxy) is 5. The largest absolute Gasteiger partial charge is 0.490 e. The summed E-state index contributed by atoms with van der Waals surface area (Å²) >= 11 is 0. The van der Waals surface area contributed by atoms with Crippen molar-refractivity contribution in [2.45, 2.75) is 50.3 Å². The third kappa shape index (κ3) is 6.27. The van der Waals surface area contributed by atoms with Gasteiger partial charge in [-0.05, 0) is 22.8 Å². The molecule has 0 bridgehead atoms. The van der Waals surface area contributed by atoms with E-state index in [1.807, 2.05) is 91.0 Å². The number of hydrogen-bond donors (Lipinski definition) is 3. The lowest BCUT2D eigenvalue weighted by Gasteiger charge is -2.45. The molecule has 44 heavy (non-hydrogen) atoms. The molecular weight excluding hydrogens is 562 g/mol. The van der Waals surface area contributed by atoms with Crippen molar-refractivity contribution in [2.75, 3.05) is 13.7 Å². The highest BCUT2D eigenvalue weighted by Gasteiger charge is 2.52. The predicted molar refractivity (Wildman–Crippen MR) is 162 cm³/mol. The molecular formula is C35H35NO8. The first-order chi connectivity index (χ1) is 21.5. The number of aliphatic hydroxyl groups excluding tert-OH is 2. The van der Waals surface area contributed by atoms with Crippen molar-refractivity contribution in [1.82, 2.24) is 5.32 Å². The van der Waals surface area contributed by atoms with Gasteiger partial charge in [0.05, 0.1) is 18.8 Å². The second kappa shape index (κ2) is 13.5. The van der Waals surface area contributed by atoms with Crippen LogP contribution in [0, 0.1) is 0 Å². The summed E-state index contributed by atoms with van der Waals surface area (Å²) in [5.74, 6) is 0.148. The quantitative estimate of drug-likeness (QED) is 0.217. The molecule has 3 N–H and O–H groups in total. The van der Waals surface area contributed by atoms with Crippen LogP contribution in [0.4, 0.5) is 0 Å². The highest BCUT2D eigenvalue weighted by Crippen LogP contribution is 2.51. The Bertz CT molecular complexity index is 1550. The van der Waals surface area contributed by atoms with Gasteiger partial charge < -0.3 is 39.2 Å². The zero-order chi connectivity index (χ0) is 30.5. The third-order valence-electron chi connectivity index (χ3n) is 7.86. The van der Waals surface area contributed by atoms with E-state index in [1.165, 1.54) is 7.11 Å². The summed E-state index contributed by atoms with van der Waals surface area (Å²) in [7, 11) is 1.50. The Morgan fingerprint density at radius 3 is 1.98 bits per heavy atom. The second-order valence-electron chi connectivity index (χ2n) is 10.8. The van der Waals surface area contributed by atoms with Crippen molar-refractivity contribution >= 4 is 5.97 Å². The van der Waals surface area contributed by atoms with Crippen molar-refractivity contribution in [2.24, 2.45) is 0 Å². The number of hydrogen-bond acceptors (Lipinski definition) is 9. The molecule has 2 aliphatic heterocycles. The minimum absolute atomic E-state index is 0.172. The van der Waals surface area contributed by atoms with E-state index in [2.05, 4.69) is 5.32 Å². The smallest absolute Gasteiger partial charge is 0.339 e. The van der Waals surface area contributed by atoms with Crippen LogP contribution in [0.15, 0.2) is 97.1 Å². The first-order valence-electron chi connectivity index (χ1n) is 14.6. The lowest BCUT2D eigenvalue weighted by Crippen LogP contribution is -2.59. The maximum Gasteiger partial charge on any atom is 0.339 e.